The van der Waals surface area contributed by atoms with Gasteiger partial charge < -0.3 is 10.6 Å². The van der Waals surface area contributed by atoms with Gasteiger partial charge in [0.05, 0.1) is 11.6 Å². The molecule has 0 spiro atoms. The normalized spacial score (nSPS) is 15.6. The third kappa shape index (κ3) is 7.31. The van der Waals surface area contributed by atoms with Crippen LogP contribution in [0.2, 0.25) is 5.02 Å². The van der Waals surface area contributed by atoms with Gasteiger partial charge in [-0.3, -0.25) is 14.5 Å². The van der Waals surface area contributed by atoms with E-state index in [0.29, 0.717) is 23.6 Å². The monoisotopic (exact) mass is 466 g/mol. The number of nitrogens with one attached hydrogen (secondary N) is 2. The predicted molar refractivity (Wildman–Crippen MR) is 130 cm³/mol. The molecule has 2 aromatic carbocycles. The van der Waals surface area contributed by atoms with Crippen molar-refractivity contribution in [1.82, 2.24) is 15.5 Å². The molecule has 1 saturated heterocycles. The molecule has 0 aliphatic carbocycles. The van der Waals surface area contributed by atoms with Gasteiger partial charge in [-0.05, 0) is 73.7 Å². The summed E-state index contributed by atoms with van der Waals surface area (Å²) < 4.78 is 0. The highest BCUT2D eigenvalue weighted by atomic mass is 35.5. The number of benzene rings is 2. The zero-order valence-corrected chi connectivity index (χ0v) is 19.9. The van der Waals surface area contributed by atoms with Gasteiger partial charge in [-0.15, -0.1) is 0 Å². The summed E-state index contributed by atoms with van der Waals surface area (Å²) in [6, 6.07) is 15.8. The Morgan fingerprint density at radius 1 is 1.15 bits per heavy atom. The molecule has 1 fully saturated rings. The minimum Gasteiger partial charge on any atom is -0.354 e. The minimum atomic E-state index is -0.631. The molecule has 2 amide bonds. The van der Waals surface area contributed by atoms with Gasteiger partial charge in [0.1, 0.15) is 6.04 Å². The molecule has 1 atom stereocenters. The second-order valence-corrected chi connectivity index (χ2v) is 9.42. The van der Waals surface area contributed by atoms with E-state index in [4.69, 9.17) is 16.9 Å². The fourth-order valence-corrected chi connectivity index (χ4v) is 4.17. The summed E-state index contributed by atoms with van der Waals surface area (Å²) in [5, 5.41) is 15.7. The van der Waals surface area contributed by atoms with Gasteiger partial charge in [-0.25, -0.2) is 0 Å². The van der Waals surface area contributed by atoms with E-state index < -0.39 is 6.04 Å². The van der Waals surface area contributed by atoms with Crippen molar-refractivity contribution in [2.24, 2.45) is 11.8 Å². The summed E-state index contributed by atoms with van der Waals surface area (Å²) in [6.07, 6.45) is 2.04. The lowest BCUT2D eigenvalue weighted by molar-refractivity contribution is -0.124. The molecule has 1 aliphatic rings. The van der Waals surface area contributed by atoms with Gasteiger partial charge in [-0.2, -0.15) is 5.26 Å². The molecule has 0 aromatic heterocycles. The highest BCUT2D eigenvalue weighted by Gasteiger charge is 2.26. The van der Waals surface area contributed by atoms with Crippen LogP contribution in [0.5, 0.6) is 0 Å². The zero-order valence-electron chi connectivity index (χ0n) is 19.2. The number of amides is 2. The van der Waals surface area contributed by atoms with Crippen molar-refractivity contribution in [3.63, 3.8) is 0 Å². The standard InChI is InChI=1S/C26H31ClN4O2/c1-18(2)24(30-25(32)22-5-3-4-21(14-22)15-28)26(33)29-16-19-10-12-31(13-11-19)17-20-6-8-23(27)9-7-20/h3-9,14,18-19,24H,10-13,16-17H2,1-2H3,(H,29,33)(H,30,32)/t24-/m0/s1. The van der Waals surface area contributed by atoms with Crippen LogP contribution in [0.3, 0.4) is 0 Å². The van der Waals surface area contributed by atoms with Gasteiger partial charge in [0.15, 0.2) is 0 Å². The Morgan fingerprint density at radius 2 is 1.85 bits per heavy atom. The molecule has 0 saturated carbocycles. The Labute approximate surface area is 200 Å². The van der Waals surface area contributed by atoms with Crippen LogP contribution < -0.4 is 10.6 Å². The second kappa shape index (κ2) is 11.8. The molecule has 6 nitrogen and oxygen atoms in total. The number of nitriles is 1. The van der Waals surface area contributed by atoms with Crippen LogP contribution in [-0.2, 0) is 11.3 Å². The van der Waals surface area contributed by atoms with E-state index in [0.717, 1.165) is 37.5 Å². The van der Waals surface area contributed by atoms with Crippen LogP contribution in [0.15, 0.2) is 48.5 Å². The van der Waals surface area contributed by atoms with Gasteiger partial charge >= 0.3 is 0 Å². The first kappa shape index (κ1) is 24.8. The first-order chi connectivity index (χ1) is 15.9. The lowest BCUT2D eigenvalue weighted by Crippen LogP contribution is -2.51. The fourth-order valence-electron chi connectivity index (χ4n) is 4.04. The van der Waals surface area contributed by atoms with E-state index in [1.54, 1.807) is 18.2 Å². The molecule has 174 valence electrons. The fraction of sp³-hybridized carbons (Fsp3) is 0.423. The largest absolute Gasteiger partial charge is 0.354 e. The molecule has 2 aromatic rings. The Hall–Kier alpha value is -2.88. The highest BCUT2D eigenvalue weighted by molar-refractivity contribution is 6.30. The average Bonchev–Trinajstić information content (AvgIpc) is 2.83. The summed E-state index contributed by atoms with van der Waals surface area (Å²) in [4.78, 5) is 27.9. The van der Waals surface area contributed by atoms with Gasteiger partial charge in [0.25, 0.3) is 5.91 Å². The maximum atomic E-state index is 12.9. The Kier molecular flexibility index (Phi) is 8.87. The number of hydrogen-bond donors (Lipinski definition) is 2. The molecular formula is C26H31ClN4O2. The van der Waals surface area contributed by atoms with Crippen molar-refractivity contribution in [3.8, 4) is 6.07 Å². The number of carbonyl (C=O) groups excluding carboxylic acids is 2. The number of carbonyl (C=O) groups is 2. The van der Waals surface area contributed by atoms with Crippen LogP contribution >= 0.6 is 11.6 Å². The quantitative estimate of drug-likeness (QED) is 0.615. The van der Waals surface area contributed by atoms with Crippen LogP contribution in [0.25, 0.3) is 0 Å². The molecule has 7 heteroatoms. The zero-order chi connectivity index (χ0) is 23.8. The van der Waals surface area contributed by atoms with Crippen LogP contribution in [0, 0.1) is 23.2 Å². The lowest BCUT2D eigenvalue weighted by atomic mass is 9.95. The predicted octanol–water partition coefficient (Wildman–Crippen LogP) is 3.99. The molecule has 1 aliphatic heterocycles. The maximum Gasteiger partial charge on any atom is 0.251 e. The van der Waals surface area contributed by atoms with Crippen molar-refractivity contribution in [1.29, 1.82) is 5.26 Å². The van der Waals surface area contributed by atoms with Crippen LogP contribution in [0.1, 0.15) is 48.2 Å². The van der Waals surface area contributed by atoms with Gasteiger partial charge in [0, 0.05) is 23.7 Å². The van der Waals surface area contributed by atoms with E-state index in [1.165, 1.54) is 11.6 Å². The molecular weight excluding hydrogens is 436 g/mol. The molecule has 0 bridgehead atoms. The minimum absolute atomic E-state index is 0.0608. The molecule has 1 heterocycles. The van der Waals surface area contributed by atoms with E-state index in [1.807, 2.05) is 32.0 Å². The van der Waals surface area contributed by atoms with Crippen LogP contribution in [0.4, 0.5) is 0 Å². The number of piperidine rings is 1. The Balaban J connectivity index is 1.46. The number of halogens is 1. The topological polar surface area (TPSA) is 85.2 Å². The molecule has 0 unspecified atom stereocenters. The average molecular weight is 467 g/mol. The molecule has 2 N–H and O–H groups in total. The Morgan fingerprint density at radius 3 is 2.48 bits per heavy atom. The number of hydrogen-bond acceptors (Lipinski definition) is 4. The number of rotatable bonds is 8. The van der Waals surface area contributed by atoms with Crippen molar-refractivity contribution in [3.05, 3.63) is 70.2 Å². The van der Waals surface area contributed by atoms with E-state index in [9.17, 15) is 9.59 Å². The van der Waals surface area contributed by atoms with E-state index in [2.05, 4.69) is 27.7 Å². The maximum absolute atomic E-state index is 12.9. The van der Waals surface area contributed by atoms with Crippen molar-refractivity contribution < 1.29 is 9.59 Å². The third-order valence-electron chi connectivity index (χ3n) is 6.08. The lowest BCUT2D eigenvalue weighted by Gasteiger charge is -2.32. The van der Waals surface area contributed by atoms with E-state index >= 15 is 0 Å². The number of likely N-dealkylation sites (tertiary alicyclic amines) is 1. The summed E-state index contributed by atoms with van der Waals surface area (Å²) in [7, 11) is 0. The third-order valence-corrected chi connectivity index (χ3v) is 6.33. The molecule has 0 radical (unpaired) electrons. The van der Waals surface area contributed by atoms with Gasteiger partial charge in [-0.1, -0.05) is 43.6 Å². The summed E-state index contributed by atoms with van der Waals surface area (Å²) >= 11 is 5.96. The van der Waals surface area contributed by atoms with Crippen molar-refractivity contribution in [2.75, 3.05) is 19.6 Å². The molecule has 33 heavy (non-hydrogen) atoms. The first-order valence-electron chi connectivity index (χ1n) is 11.4. The summed E-state index contributed by atoms with van der Waals surface area (Å²) in [5.41, 5.74) is 2.04. The van der Waals surface area contributed by atoms with Crippen LogP contribution in [-0.4, -0.2) is 42.4 Å². The summed E-state index contributed by atoms with van der Waals surface area (Å²) in [5.74, 6) is -0.157. The molecule has 3 rings (SSSR count). The van der Waals surface area contributed by atoms with Crippen molar-refractivity contribution in [2.45, 2.75) is 39.3 Å². The Bertz CT molecular complexity index is 992. The highest BCUT2D eigenvalue weighted by Crippen LogP contribution is 2.19. The summed E-state index contributed by atoms with van der Waals surface area (Å²) in [6.45, 7) is 7.31. The van der Waals surface area contributed by atoms with Gasteiger partial charge in [0.2, 0.25) is 5.91 Å². The van der Waals surface area contributed by atoms with Crippen molar-refractivity contribution >= 4 is 23.4 Å². The smallest absolute Gasteiger partial charge is 0.251 e. The SMILES string of the molecule is CC(C)[C@H](NC(=O)c1cccc(C#N)c1)C(=O)NCC1CCN(Cc2ccc(Cl)cc2)CC1. The first-order valence-corrected chi connectivity index (χ1v) is 11.8. The number of nitrogens with zero attached hydrogens (tertiary/aromatic N) is 2. The van der Waals surface area contributed by atoms with E-state index in [-0.39, 0.29) is 17.7 Å². The second-order valence-electron chi connectivity index (χ2n) is 8.98.